The summed E-state index contributed by atoms with van der Waals surface area (Å²) in [5.41, 5.74) is 1.61. The summed E-state index contributed by atoms with van der Waals surface area (Å²) in [6.07, 6.45) is 8.04. The van der Waals surface area contributed by atoms with Crippen molar-refractivity contribution in [2.24, 2.45) is 5.92 Å². The van der Waals surface area contributed by atoms with E-state index in [2.05, 4.69) is 0 Å². The maximum Gasteiger partial charge on any atom is 0.332 e. The minimum Gasteiger partial charge on any atom is -0.440 e. The van der Waals surface area contributed by atoms with Crippen LogP contribution in [0.5, 0.6) is 0 Å². The van der Waals surface area contributed by atoms with E-state index in [-0.39, 0.29) is 11.9 Å². The van der Waals surface area contributed by atoms with Crippen LogP contribution in [0.3, 0.4) is 0 Å². The zero-order valence-corrected chi connectivity index (χ0v) is 13.4. The van der Waals surface area contributed by atoms with Crippen LogP contribution in [0.2, 0.25) is 0 Å². The molecule has 0 radical (unpaired) electrons. The van der Waals surface area contributed by atoms with Gasteiger partial charge < -0.3 is 9.64 Å². The molecule has 1 aromatic rings. The van der Waals surface area contributed by atoms with Crippen LogP contribution in [0.25, 0.3) is 0 Å². The van der Waals surface area contributed by atoms with Gasteiger partial charge in [0.25, 0.3) is 5.91 Å². The molecule has 0 saturated heterocycles. The Kier molecular flexibility index (Phi) is 3.29. The average molecular weight is 311 g/mol. The number of carbonyl (C=O) groups is 2. The number of benzene rings is 1. The number of para-hydroxylation sites is 1. The van der Waals surface area contributed by atoms with Gasteiger partial charge in [0, 0.05) is 25.1 Å². The number of hydrogen-bond donors (Lipinski definition) is 0. The van der Waals surface area contributed by atoms with Crippen molar-refractivity contribution in [3.05, 3.63) is 41.5 Å². The molecular formula is C19H21NO3. The first-order chi connectivity index (χ1) is 11.1. The Morgan fingerprint density at radius 2 is 1.87 bits per heavy atom. The topological polar surface area (TPSA) is 46.6 Å². The second-order valence-electron chi connectivity index (χ2n) is 6.86. The van der Waals surface area contributed by atoms with Crippen LogP contribution < -0.4 is 4.90 Å². The smallest absolute Gasteiger partial charge is 0.332 e. The van der Waals surface area contributed by atoms with Crippen LogP contribution in [0.4, 0.5) is 5.69 Å². The molecule has 1 amide bonds. The Hall–Kier alpha value is -2.10. The van der Waals surface area contributed by atoms with Crippen molar-refractivity contribution >= 4 is 17.6 Å². The molecule has 0 unspecified atom stereocenters. The van der Waals surface area contributed by atoms with E-state index in [4.69, 9.17) is 4.74 Å². The molecule has 0 N–H and O–H groups in total. The van der Waals surface area contributed by atoms with Crippen LogP contribution in [0.15, 0.2) is 35.9 Å². The average Bonchev–Trinajstić information content (AvgIpc) is 2.78. The van der Waals surface area contributed by atoms with Crippen molar-refractivity contribution in [3.63, 3.8) is 0 Å². The zero-order chi connectivity index (χ0) is 16.0. The SMILES string of the molecule is CN1C(=O)[C@@]2(CC(C3CCCCC3)=CC(=O)O2)c2ccccc21. The molecule has 4 heteroatoms. The molecule has 1 aliphatic carbocycles. The highest BCUT2D eigenvalue weighted by Crippen LogP contribution is 2.49. The highest BCUT2D eigenvalue weighted by Gasteiger charge is 2.55. The third-order valence-corrected chi connectivity index (χ3v) is 5.51. The van der Waals surface area contributed by atoms with E-state index in [1.54, 1.807) is 18.0 Å². The molecule has 0 aromatic heterocycles. The van der Waals surface area contributed by atoms with Gasteiger partial charge >= 0.3 is 5.97 Å². The van der Waals surface area contributed by atoms with Gasteiger partial charge in [0.15, 0.2) is 0 Å². The van der Waals surface area contributed by atoms with Crippen molar-refractivity contribution in [1.29, 1.82) is 0 Å². The first-order valence-electron chi connectivity index (χ1n) is 8.43. The molecule has 2 aliphatic heterocycles. The standard InChI is InChI=1S/C19H21NO3/c1-20-16-10-6-5-9-15(16)19(18(20)22)12-14(11-17(21)23-19)13-7-3-2-4-8-13/h5-6,9-11,13H,2-4,7-8,12H2,1H3/t19-/m1/s1. The molecule has 1 spiro atoms. The van der Waals surface area contributed by atoms with E-state index < -0.39 is 5.60 Å². The molecule has 2 heterocycles. The largest absolute Gasteiger partial charge is 0.440 e. The molecule has 4 rings (SSSR count). The second kappa shape index (κ2) is 5.22. The molecule has 120 valence electrons. The maximum absolute atomic E-state index is 12.9. The number of esters is 1. The van der Waals surface area contributed by atoms with Gasteiger partial charge in [-0.25, -0.2) is 4.79 Å². The van der Waals surface area contributed by atoms with Gasteiger partial charge in [-0.05, 0) is 24.8 Å². The molecule has 4 nitrogen and oxygen atoms in total. The van der Waals surface area contributed by atoms with E-state index >= 15 is 0 Å². The summed E-state index contributed by atoms with van der Waals surface area (Å²) in [4.78, 5) is 26.8. The summed E-state index contributed by atoms with van der Waals surface area (Å²) >= 11 is 0. The maximum atomic E-state index is 12.9. The summed E-state index contributed by atoms with van der Waals surface area (Å²) in [5, 5.41) is 0. The van der Waals surface area contributed by atoms with E-state index in [0.717, 1.165) is 29.7 Å². The fourth-order valence-electron chi connectivity index (χ4n) is 4.34. The molecule has 1 fully saturated rings. The lowest BCUT2D eigenvalue weighted by Crippen LogP contribution is -2.45. The number of rotatable bonds is 1. The Bertz CT molecular complexity index is 702. The monoisotopic (exact) mass is 311 g/mol. The van der Waals surface area contributed by atoms with Gasteiger partial charge in [-0.2, -0.15) is 0 Å². The van der Waals surface area contributed by atoms with Crippen LogP contribution in [-0.4, -0.2) is 18.9 Å². The molecule has 0 bridgehead atoms. The molecule has 1 saturated carbocycles. The summed E-state index contributed by atoms with van der Waals surface area (Å²) in [6, 6.07) is 7.63. The van der Waals surface area contributed by atoms with Gasteiger partial charge in [0.05, 0.1) is 5.69 Å². The van der Waals surface area contributed by atoms with Crippen molar-refractivity contribution < 1.29 is 14.3 Å². The summed E-state index contributed by atoms with van der Waals surface area (Å²) in [5.74, 6) is -0.0944. The summed E-state index contributed by atoms with van der Waals surface area (Å²) < 4.78 is 5.66. The highest BCUT2D eigenvalue weighted by atomic mass is 16.6. The Labute approximate surface area is 136 Å². The molecule has 1 atom stereocenters. The summed E-state index contributed by atoms with van der Waals surface area (Å²) in [7, 11) is 1.75. The quantitative estimate of drug-likeness (QED) is 0.748. The lowest BCUT2D eigenvalue weighted by molar-refractivity contribution is -0.165. The molecule has 3 aliphatic rings. The van der Waals surface area contributed by atoms with Gasteiger partial charge in [-0.15, -0.1) is 0 Å². The van der Waals surface area contributed by atoms with Crippen LogP contribution in [0.1, 0.15) is 44.1 Å². The van der Waals surface area contributed by atoms with E-state index in [0.29, 0.717) is 12.3 Å². The Balaban J connectivity index is 1.76. The molecular weight excluding hydrogens is 290 g/mol. The number of hydrogen-bond acceptors (Lipinski definition) is 3. The number of ether oxygens (including phenoxy) is 1. The van der Waals surface area contributed by atoms with Crippen molar-refractivity contribution in [1.82, 2.24) is 0 Å². The summed E-state index contributed by atoms with van der Waals surface area (Å²) in [6.45, 7) is 0. The lowest BCUT2D eigenvalue weighted by atomic mass is 9.76. The van der Waals surface area contributed by atoms with Crippen molar-refractivity contribution in [2.45, 2.75) is 44.1 Å². The van der Waals surface area contributed by atoms with Crippen molar-refractivity contribution in [3.8, 4) is 0 Å². The second-order valence-corrected chi connectivity index (χ2v) is 6.86. The number of nitrogens with zero attached hydrogens (tertiary/aromatic N) is 1. The van der Waals surface area contributed by atoms with Crippen LogP contribution >= 0.6 is 0 Å². The first-order valence-corrected chi connectivity index (χ1v) is 8.43. The number of likely N-dealkylation sites (N-methyl/N-ethyl adjacent to an activating group) is 1. The number of anilines is 1. The molecule has 23 heavy (non-hydrogen) atoms. The van der Waals surface area contributed by atoms with Crippen molar-refractivity contribution in [2.75, 3.05) is 11.9 Å². The third kappa shape index (κ3) is 2.12. The van der Waals surface area contributed by atoms with Gasteiger partial charge in [0.2, 0.25) is 5.60 Å². The minimum absolute atomic E-state index is 0.131. The fourth-order valence-corrected chi connectivity index (χ4v) is 4.34. The van der Waals surface area contributed by atoms with E-state index in [1.807, 2.05) is 24.3 Å². The van der Waals surface area contributed by atoms with Gasteiger partial charge in [-0.1, -0.05) is 43.0 Å². The predicted molar refractivity (Wildman–Crippen MR) is 86.9 cm³/mol. The van der Waals surface area contributed by atoms with Crippen LogP contribution in [-0.2, 0) is 19.9 Å². The lowest BCUT2D eigenvalue weighted by Gasteiger charge is -2.35. The Morgan fingerprint density at radius 3 is 2.65 bits per heavy atom. The van der Waals surface area contributed by atoms with Gasteiger partial charge in [0.1, 0.15) is 0 Å². The third-order valence-electron chi connectivity index (χ3n) is 5.51. The Morgan fingerprint density at radius 1 is 1.13 bits per heavy atom. The predicted octanol–water partition coefficient (Wildman–Crippen LogP) is 3.31. The normalized spacial score (nSPS) is 27.9. The number of carbonyl (C=O) groups excluding carboxylic acids is 2. The first kappa shape index (κ1) is 14.5. The number of fused-ring (bicyclic) bond motifs is 2. The molecule has 1 aromatic carbocycles. The van der Waals surface area contributed by atoms with E-state index in [1.165, 1.54) is 19.3 Å². The van der Waals surface area contributed by atoms with E-state index in [9.17, 15) is 9.59 Å². The zero-order valence-electron chi connectivity index (χ0n) is 13.4. The number of amides is 1. The van der Waals surface area contributed by atoms with Crippen LogP contribution in [0, 0.1) is 5.92 Å². The highest BCUT2D eigenvalue weighted by molar-refractivity contribution is 6.08. The fraction of sp³-hybridized carbons (Fsp3) is 0.474. The minimum atomic E-state index is -1.15. The van der Waals surface area contributed by atoms with Gasteiger partial charge in [-0.3, -0.25) is 4.79 Å².